The monoisotopic (exact) mass is 449 g/mol. The molecule has 0 saturated carbocycles. The molecule has 2 aliphatic heterocycles. The third kappa shape index (κ3) is 4.27. The fourth-order valence-corrected chi connectivity index (χ4v) is 4.89. The molecule has 8 heteroatoms. The molecule has 4 heterocycles. The lowest BCUT2D eigenvalue weighted by molar-refractivity contribution is -0.132. The molecular formula is C25H31N5O3. The molecule has 5 rings (SSSR count). The SMILES string of the molecule is C[C@H]1CCc2c(ccc3c2nc(CCn2ccccc2=O)n3CC(=O)N(C)[C@H]2CCOC2)N1. The highest BCUT2D eigenvalue weighted by Gasteiger charge is 2.26. The number of likely N-dealkylation sites (N-methyl/N-ethyl adjacent to an activating group) is 1. The standard InChI is InChI=1S/C25H31N5O3/c1-17-6-7-19-20(26-17)8-9-21-25(19)27-22(10-13-29-12-4-3-5-23(29)31)30(21)15-24(32)28(2)18-11-14-33-16-18/h3-5,8-9,12,17-18,26H,6-7,10-11,13-16H2,1-2H3/t17-,18-/m0/s1. The molecule has 1 fully saturated rings. The molecular weight excluding hydrogens is 418 g/mol. The Hall–Kier alpha value is -3.13. The quantitative estimate of drug-likeness (QED) is 0.625. The van der Waals surface area contributed by atoms with Crippen LogP contribution < -0.4 is 10.9 Å². The zero-order valence-corrected chi connectivity index (χ0v) is 19.3. The summed E-state index contributed by atoms with van der Waals surface area (Å²) < 4.78 is 9.20. The van der Waals surface area contributed by atoms with Crippen LogP contribution >= 0.6 is 0 Å². The Morgan fingerprint density at radius 1 is 1.27 bits per heavy atom. The number of nitrogens with one attached hydrogen (secondary N) is 1. The summed E-state index contributed by atoms with van der Waals surface area (Å²) in [6.45, 7) is 4.22. The Morgan fingerprint density at radius 3 is 2.94 bits per heavy atom. The van der Waals surface area contributed by atoms with Crippen molar-refractivity contribution in [3.05, 3.63) is 58.3 Å². The fourth-order valence-electron chi connectivity index (χ4n) is 4.89. The maximum atomic E-state index is 13.2. The molecule has 0 spiro atoms. The van der Waals surface area contributed by atoms with Gasteiger partial charge in [-0.2, -0.15) is 0 Å². The summed E-state index contributed by atoms with van der Waals surface area (Å²) in [5, 5.41) is 3.56. The van der Waals surface area contributed by atoms with Crippen molar-refractivity contribution in [2.45, 2.75) is 57.8 Å². The Kier molecular flexibility index (Phi) is 5.93. The van der Waals surface area contributed by atoms with Crippen LogP contribution in [0.2, 0.25) is 0 Å². The molecule has 2 aliphatic rings. The van der Waals surface area contributed by atoms with Crippen molar-refractivity contribution in [1.29, 1.82) is 0 Å². The number of amides is 1. The van der Waals surface area contributed by atoms with Crippen molar-refractivity contribution >= 4 is 22.6 Å². The summed E-state index contributed by atoms with van der Waals surface area (Å²) in [6.07, 6.45) is 5.25. The first-order valence-electron chi connectivity index (χ1n) is 11.8. The topological polar surface area (TPSA) is 81.4 Å². The smallest absolute Gasteiger partial charge is 0.250 e. The second kappa shape index (κ2) is 9.02. The second-order valence-electron chi connectivity index (χ2n) is 9.16. The summed E-state index contributed by atoms with van der Waals surface area (Å²) in [7, 11) is 1.86. The fraction of sp³-hybridized carbons (Fsp3) is 0.480. The van der Waals surface area contributed by atoms with Crippen LogP contribution in [0.5, 0.6) is 0 Å². The van der Waals surface area contributed by atoms with Crippen molar-refractivity contribution in [3.8, 4) is 0 Å². The number of rotatable bonds is 6. The number of imidazole rings is 1. The molecule has 1 saturated heterocycles. The molecule has 0 unspecified atom stereocenters. The van der Waals surface area contributed by atoms with Crippen molar-refractivity contribution in [2.75, 3.05) is 25.6 Å². The van der Waals surface area contributed by atoms with Gasteiger partial charge in [0.25, 0.3) is 5.56 Å². The minimum Gasteiger partial charge on any atom is -0.382 e. The molecule has 174 valence electrons. The van der Waals surface area contributed by atoms with E-state index in [1.807, 2.05) is 22.6 Å². The van der Waals surface area contributed by atoms with Gasteiger partial charge in [-0.15, -0.1) is 0 Å². The van der Waals surface area contributed by atoms with E-state index in [1.165, 1.54) is 5.56 Å². The average molecular weight is 450 g/mol. The molecule has 1 N–H and O–H groups in total. The normalized spacial score (nSPS) is 19.9. The first-order chi connectivity index (χ1) is 16.0. The van der Waals surface area contributed by atoms with Crippen LogP contribution in [0.15, 0.2) is 41.3 Å². The molecule has 3 aromatic rings. The van der Waals surface area contributed by atoms with E-state index in [2.05, 4.69) is 24.4 Å². The van der Waals surface area contributed by atoms with E-state index in [0.29, 0.717) is 32.2 Å². The predicted molar refractivity (Wildman–Crippen MR) is 128 cm³/mol. The summed E-state index contributed by atoms with van der Waals surface area (Å²) in [5.74, 6) is 0.879. The van der Waals surface area contributed by atoms with Crippen LogP contribution in [0.1, 0.15) is 31.2 Å². The number of benzene rings is 1. The van der Waals surface area contributed by atoms with Crippen LogP contribution in [-0.2, 0) is 35.5 Å². The van der Waals surface area contributed by atoms with Crippen molar-refractivity contribution in [3.63, 3.8) is 0 Å². The van der Waals surface area contributed by atoms with Gasteiger partial charge in [-0.05, 0) is 44.4 Å². The molecule has 33 heavy (non-hydrogen) atoms. The van der Waals surface area contributed by atoms with Gasteiger partial charge in [-0.3, -0.25) is 9.59 Å². The van der Waals surface area contributed by atoms with Crippen molar-refractivity contribution < 1.29 is 9.53 Å². The number of hydrogen-bond acceptors (Lipinski definition) is 5. The third-order valence-corrected chi connectivity index (χ3v) is 6.95. The number of carbonyl (C=O) groups excluding carboxylic acids is 1. The lowest BCUT2D eigenvalue weighted by Gasteiger charge is -2.25. The number of aryl methyl sites for hydroxylation is 3. The van der Waals surface area contributed by atoms with Gasteiger partial charge in [-0.25, -0.2) is 4.98 Å². The van der Waals surface area contributed by atoms with E-state index < -0.39 is 0 Å². The molecule has 0 aliphatic carbocycles. The molecule has 2 atom stereocenters. The van der Waals surface area contributed by atoms with E-state index in [4.69, 9.17) is 9.72 Å². The number of hydrogen-bond donors (Lipinski definition) is 1. The van der Waals surface area contributed by atoms with Crippen molar-refractivity contribution in [2.24, 2.45) is 0 Å². The summed E-state index contributed by atoms with van der Waals surface area (Å²) in [4.78, 5) is 32.2. The Labute approximate surface area is 193 Å². The largest absolute Gasteiger partial charge is 0.382 e. The van der Waals surface area contributed by atoms with E-state index in [0.717, 1.165) is 41.8 Å². The zero-order chi connectivity index (χ0) is 22.9. The van der Waals surface area contributed by atoms with Gasteiger partial charge in [0.15, 0.2) is 0 Å². The van der Waals surface area contributed by atoms with Gasteiger partial charge >= 0.3 is 0 Å². The van der Waals surface area contributed by atoms with Gasteiger partial charge in [0.2, 0.25) is 5.91 Å². The predicted octanol–water partition coefficient (Wildman–Crippen LogP) is 2.43. The van der Waals surface area contributed by atoms with Gasteiger partial charge in [0.05, 0.1) is 23.7 Å². The van der Waals surface area contributed by atoms with Crippen LogP contribution in [-0.4, -0.2) is 57.3 Å². The molecule has 0 bridgehead atoms. The number of nitrogens with zero attached hydrogens (tertiary/aromatic N) is 4. The van der Waals surface area contributed by atoms with E-state index in [1.54, 1.807) is 22.9 Å². The number of pyridine rings is 1. The van der Waals surface area contributed by atoms with Gasteiger partial charge in [0.1, 0.15) is 12.4 Å². The number of carbonyl (C=O) groups is 1. The van der Waals surface area contributed by atoms with E-state index in [-0.39, 0.29) is 24.1 Å². The van der Waals surface area contributed by atoms with Crippen LogP contribution in [0.4, 0.5) is 5.69 Å². The maximum absolute atomic E-state index is 13.2. The molecule has 1 aromatic carbocycles. The molecule has 2 aromatic heterocycles. The first kappa shape index (κ1) is 21.7. The number of fused-ring (bicyclic) bond motifs is 3. The Bertz CT molecular complexity index is 1220. The summed E-state index contributed by atoms with van der Waals surface area (Å²) in [5.41, 5.74) is 4.25. The molecule has 0 radical (unpaired) electrons. The zero-order valence-electron chi connectivity index (χ0n) is 19.3. The minimum atomic E-state index is -0.0345. The maximum Gasteiger partial charge on any atom is 0.250 e. The van der Waals surface area contributed by atoms with Gasteiger partial charge in [-0.1, -0.05) is 6.07 Å². The molecule has 8 nitrogen and oxygen atoms in total. The average Bonchev–Trinajstić information content (AvgIpc) is 3.46. The van der Waals surface area contributed by atoms with Crippen LogP contribution in [0.3, 0.4) is 0 Å². The van der Waals surface area contributed by atoms with Crippen LogP contribution in [0, 0.1) is 0 Å². The second-order valence-corrected chi connectivity index (χ2v) is 9.16. The van der Waals surface area contributed by atoms with E-state index >= 15 is 0 Å². The highest BCUT2D eigenvalue weighted by Crippen LogP contribution is 2.32. The van der Waals surface area contributed by atoms with Crippen molar-refractivity contribution in [1.82, 2.24) is 19.0 Å². The van der Waals surface area contributed by atoms with Gasteiger partial charge in [0, 0.05) is 56.2 Å². The minimum absolute atomic E-state index is 0.0345. The first-order valence-corrected chi connectivity index (χ1v) is 11.8. The van der Waals surface area contributed by atoms with Crippen LogP contribution in [0.25, 0.3) is 11.0 Å². The highest BCUT2D eigenvalue weighted by atomic mass is 16.5. The Balaban J connectivity index is 1.50. The number of ether oxygens (including phenoxy) is 1. The Morgan fingerprint density at radius 2 is 2.15 bits per heavy atom. The summed E-state index contributed by atoms with van der Waals surface area (Å²) in [6, 6.07) is 9.90. The number of anilines is 1. The number of aromatic nitrogens is 3. The highest BCUT2D eigenvalue weighted by molar-refractivity contribution is 5.87. The van der Waals surface area contributed by atoms with Gasteiger partial charge < -0.3 is 24.1 Å². The van der Waals surface area contributed by atoms with E-state index in [9.17, 15) is 9.59 Å². The lowest BCUT2D eigenvalue weighted by atomic mass is 9.98. The third-order valence-electron chi connectivity index (χ3n) is 6.95. The lowest BCUT2D eigenvalue weighted by Crippen LogP contribution is -2.39. The summed E-state index contributed by atoms with van der Waals surface area (Å²) >= 11 is 0. The molecule has 1 amide bonds.